The average Bonchev–Trinajstić information content (AvgIpc) is 2.27. The predicted octanol–water partition coefficient (Wildman–Crippen LogP) is 3.08. The van der Waals surface area contributed by atoms with Crippen molar-refractivity contribution in [3.8, 4) is 5.75 Å². The summed E-state index contributed by atoms with van der Waals surface area (Å²) in [6.07, 6.45) is 0.593. The number of halogens is 1. The molecular formula is C13H17ClO3. The summed E-state index contributed by atoms with van der Waals surface area (Å²) in [7, 11) is 0. The summed E-state index contributed by atoms with van der Waals surface area (Å²) < 4.78 is 5.43. The van der Waals surface area contributed by atoms with E-state index in [1.165, 1.54) is 6.92 Å². The smallest absolute Gasteiger partial charge is 0.159 e. The maximum atomic E-state index is 11.1. The van der Waals surface area contributed by atoms with Crippen LogP contribution in [0.1, 0.15) is 37.6 Å². The molecule has 94 valence electrons. The molecule has 4 heteroatoms. The number of aliphatic hydroxyl groups is 1. The molecule has 0 aromatic heterocycles. The van der Waals surface area contributed by atoms with Gasteiger partial charge in [-0.1, -0.05) is 18.5 Å². The topological polar surface area (TPSA) is 46.5 Å². The van der Waals surface area contributed by atoms with Crippen LogP contribution in [0.15, 0.2) is 18.2 Å². The van der Waals surface area contributed by atoms with Crippen LogP contribution in [0.5, 0.6) is 5.75 Å². The Morgan fingerprint density at radius 2 is 2.18 bits per heavy atom. The minimum atomic E-state index is -0.872. The Balaban J connectivity index is 2.77. The van der Waals surface area contributed by atoms with Crippen molar-refractivity contribution in [1.82, 2.24) is 0 Å². The molecule has 1 aromatic rings. The van der Waals surface area contributed by atoms with Gasteiger partial charge in [-0.3, -0.25) is 4.79 Å². The van der Waals surface area contributed by atoms with Gasteiger partial charge < -0.3 is 9.84 Å². The molecule has 0 saturated carbocycles. The van der Waals surface area contributed by atoms with E-state index in [-0.39, 0.29) is 12.4 Å². The van der Waals surface area contributed by atoms with Crippen LogP contribution in [0.4, 0.5) is 0 Å². The summed E-state index contributed by atoms with van der Waals surface area (Å²) in [6, 6.07) is 4.87. The molecule has 0 bridgehead atoms. The SMILES string of the molecule is CCC(C)(O)COc1ccc(C(C)=O)cc1Cl. The summed E-state index contributed by atoms with van der Waals surface area (Å²) in [5.41, 5.74) is -0.327. The van der Waals surface area contributed by atoms with E-state index in [0.29, 0.717) is 22.8 Å². The second kappa shape index (κ2) is 5.52. The van der Waals surface area contributed by atoms with Crippen LogP contribution in [0.3, 0.4) is 0 Å². The number of carbonyl (C=O) groups is 1. The molecule has 0 aliphatic carbocycles. The summed E-state index contributed by atoms with van der Waals surface area (Å²) in [5, 5.41) is 10.2. The first-order valence-corrected chi connectivity index (χ1v) is 5.89. The third kappa shape index (κ3) is 4.02. The third-order valence-electron chi connectivity index (χ3n) is 2.64. The molecule has 1 rings (SSSR count). The van der Waals surface area contributed by atoms with Crippen molar-refractivity contribution in [1.29, 1.82) is 0 Å². The van der Waals surface area contributed by atoms with E-state index < -0.39 is 5.60 Å². The quantitative estimate of drug-likeness (QED) is 0.824. The molecular weight excluding hydrogens is 240 g/mol. The summed E-state index contributed by atoms with van der Waals surface area (Å²) in [5.74, 6) is 0.435. The highest BCUT2D eigenvalue weighted by molar-refractivity contribution is 6.32. The largest absolute Gasteiger partial charge is 0.489 e. The van der Waals surface area contributed by atoms with E-state index in [4.69, 9.17) is 16.3 Å². The van der Waals surface area contributed by atoms with Crippen LogP contribution in [-0.2, 0) is 0 Å². The zero-order chi connectivity index (χ0) is 13.1. The number of benzene rings is 1. The summed E-state index contributed by atoms with van der Waals surface area (Å²) >= 11 is 5.99. The highest BCUT2D eigenvalue weighted by Gasteiger charge is 2.19. The van der Waals surface area contributed by atoms with Crippen LogP contribution in [0, 0.1) is 0 Å². The molecule has 0 spiro atoms. The standard InChI is InChI=1S/C13H17ClO3/c1-4-13(3,16)8-17-12-6-5-10(9(2)15)7-11(12)14/h5-7,16H,4,8H2,1-3H3. The lowest BCUT2D eigenvalue weighted by Crippen LogP contribution is -2.31. The van der Waals surface area contributed by atoms with E-state index in [1.807, 2.05) is 6.92 Å². The minimum Gasteiger partial charge on any atom is -0.489 e. The predicted molar refractivity (Wildman–Crippen MR) is 67.9 cm³/mol. The Labute approximate surface area is 106 Å². The lowest BCUT2D eigenvalue weighted by Gasteiger charge is -2.21. The van der Waals surface area contributed by atoms with Crippen molar-refractivity contribution in [2.24, 2.45) is 0 Å². The van der Waals surface area contributed by atoms with Gasteiger partial charge in [0, 0.05) is 5.56 Å². The van der Waals surface area contributed by atoms with Crippen LogP contribution in [0.25, 0.3) is 0 Å². The van der Waals surface area contributed by atoms with E-state index in [1.54, 1.807) is 25.1 Å². The number of hydrogen-bond acceptors (Lipinski definition) is 3. The van der Waals surface area contributed by atoms with Gasteiger partial charge in [0.1, 0.15) is 12.4 Å². The van der Waals surface area contributed by atoms with Crippen LogP contribution >= 0.6 is 11.6 Å². The molecule has 0 radical (unpaired) electrons. The first kappa shape index (κ1) is 14.0. The number of hydrogen-bond donors (Lipinski definition) is 1. The summed E-state index contributed by atoms with van der Waals surface area (Å²) in [6.45, 7) is 5.23. The normalized spacial score (nSPS) is 14.2. The molecule has 1 atom stereocenters. The lowest BCUT2D eigenvalue weighted by atomic mass is 10.1. The van der Waals surface area contributed by atoms with Gasteiger partial charge in [-0.25, -0.2) is 0 Å². The average molecular weight is 257 g/mol. The molecule has 0 aliphatic heterocycles. The number of ketones is 1. The third-order valence-corrected chi connectivity index (χ3v) is 2.93. The Kier molecular flexibility index (Phi) is 4.54. The first-order chi connectivity index (χ1) is 7.85. The van der Waals surface area contributed by atoms with Crippen LogP contribution < -0.4 is 4.74 Å². The zero-order valence-electron chi connectivity index (χ0n) is 10.3. The van der Waals surface area contributed by atoms with Gasteiger partial charge in [0.2, 0.25) is 0 Å². The number of ether oxygens (including phenoxy) is 1. The van der Waals surface area contributed by atoms with E-state index in [0.717, 1.165) is 0 Å². The van der Waals surface area contributed by atoms with Crippen molar-refractivity contribution in [3.05, 3.63) is 28.8 Å². The van der Waals surface area contributed by atoms with Gasteiger partial charge in [-0.05, 0) is 38.5 Å². The van der Waals surface area contributed by atoms with Gasteiger partial charge in [-0.15, -0.1) is 0 Å². The lowest BCUT2D eigenvalue weighted by molar-refractivity contribution is 0.00849. The van der Waals surface area contributed by atoms with Crippen LogP contribution in [0.2, 0.25) is 5.02 Å². The maximum Gasteiger partial charge on any atom is 0.159 e. The molecule has 1 N–H and O–H groups in total. The second-order valence-electron chi connectivity index (χ2n) is 4.34. The Morgan fingerprint density at radius 1 is 1.53 bits per heavy atom. The molecule has 17 heavy (non-hydrogen) atoms. The highest BCUT2D eigenvalue weighted by Crippen LogP contribution is 2.26. The molecule has 1 unspecified atom stereocenters. The monoisotopic (exact) mass is 256 g/mol. The molecule has 0 aliphatic rings. The fraction of sp³-hybridized carbons (Fsp3) is 0.462. The van der Waals surface area contributed by atoms with Gasteiger partial charge in [0.05, 0.1) is 10.6 Å². The van der Waals surface area contributed by atoms with Crippen molar-refractivity contribution in [3.63, 3.8) is 0 Å². The van der Waals surface area contributed by atoms with Crippen molar-refractivity contribution < 1.29 is 14.6 Å². The molecule has 0 fully saturated rings. The first-order valence-electron chi connectivity index (χ1n) is 5.51. The van der Waals surface area contributed by atoms with Crippen LogP contribution in [-0.4, -0.2) is 23.1 Å². The Morgan fingerprint density at radius 3 is 2.65 bits per heavy atom. The van der Waals surface area contributed by atoms with Crippen molar-refractivity contribution >= 4 is 17.4 Å². The number of Topliss-reactive ketones (excluding diaryl/α,β-unsaturated/α-hetero) is 1. The van der Waals surface area contributed by atoms with Gasteiger partial charge in [0.25, 0.3) is 0 Å². The molecule has 0 amide bonds. The second-order valence-corrected chi connectivity index (χ2v) is 4.75. The van der Waals surface area contributed by atoms with Gasteiger partial charge in [0.15, 0.2) is 5.78 Å². The molecule has 1 aromatic carbocycles. The fourth-order valence-corrected chi connectivity index (χ4v) is 1.41. The number of carbonyl (C=O) groups excluding carboxylic acids is 1. The van der Waals surface area contributed by atoms with Crippen molar-refractivity contribution in [2.75, 3.05) is 6.61 Å². The van der Waals surface area contributed by atoms with Gasteiger partial charge in [-0.2, -0.15) is 0 Å². The minimum absolute atomic E-state index is 0.0426. The van der Waals surface area contributed by atoms with Crippen molar-refractivity contribution in [2.45, 2.75) is 32.8 Å². The zero-order valence-corrected chi connectivity index (χ0v) is 11.0. The maximum absolute atomic E-state index is 11.1. The van der Waals surface area contributed by atoms with Gasteiger partial charge >= 0.3 is 0 Å². The molecule has 3 nitrogen and oxygen atoms in total. The molecule has 0 heterocycles. The van der Waals surface area contributed by atoms with E-state index >= 15 is 0 Å². The van der Waals surface area contributed by atoms with E-state index in [2.05, 4.69) is 0 Å². The Bertz CT molecular complexity index is 413. The summed E-state index contributed by atoms with van der Waals surface area (Å²) in [4.78, 5) is 11.1. The Hall–Kier alpha value is -1.06. The fourth-order valence-electron chi connectivity index (χ4n) is 1.17. The molecule has 0 saturated heterocycles. The van der Waals surface area contributed by atoms with E-state index in [9.17, 15) is 9.90 Å². The highest BCUT2D eigenvalue weighted by atomic mass is 35.5. The number of rotatable bonds is 5.